The second-order valence-corrected chi connectivity index (χ2v) is 3.87. The maximum absolute atomic E-state index is 5.63. The van der Waals surface area contributed by atoms with Crippen molar-refractivity contribution in [2.24, 2.45) is 17.8 Å². The molecule has 1 nitrogen and oxygen atoms in total. The molecule has 0 aromatic rings. The van der Waals surface area contributed by atoms with Gasteiger partial charge in [-0.2, -0.15) is 0 Å². The van der Waals surface area contributed by atoms with Gasteiger partial charge in [0.2, 0.25) is 0 Å². The van der Waals surface area contributed by atoms with E-state index in [0.717, 1.165) is 24.4 Å². The van der Waals surface area contributed by atoms with Crippen LogP contribution >= 0.6 is 0 Å². The van der Waals surface area contributed by atoms with E-state index in [9.17, 15) is 0 Å². The van der Waals surface area contributed by atoms with Gasteiger partial charge in [-0.25, -0.2) is 0 Å². The molecule has 2 aliphatic carbocycles. The monoisotopic (exact) mass is 124 g/mol. The van der Waals surface area contributed by atoms with Gasteiger partial charge in [0.25, 0.3) is 0 Å². The maximum atomic E-state index is 5.63. The van der Waals surface area contributed by atoms with Gasteiger partial charge in [0.15, 0.2) is 0 Å². The molecule has 3 aliphatic rings. The lowest BCUT2D eigenvalue weighted by Crippen LogP contribution is -2.14. The summed E-state index contributed by atoms with van der Waals surface area (Å²) in [5, 5.41) is 0. The average Bonchev–Trinajstić information content (AvgIpc) is 2.35. The van der Waals surface area contributed by atoms with Crippen LogP contribution in [0.3, 0.4) is 0 Å². The highest BCUT2D eigenvalue weighted by molar-refractivity contribution is 4.99. The summed E-state index contributed by atoms with van der Waals surface area (Å²) >= 11 is 0. The lowest BCUT2D eigenvalue weighted by molar-refractivity contribution is 0.102. The molecule has 2 saturated carbocycles. The molecule has 0 spiro atoms. The molecule has 0 N–H and O–H groups in total. The standard InChI is InChI=1S/C8H12O/c1-5-2-7-6(1)4-9-8(7)3-5/h5-8H,1-4H2/t5-,6-,7+,8+/m0/s1. The van der Waals surface area contributed by atoms with E-state index in [1.807, 2.05) is 0 Å². The summed E-state index contributed by atoms with van der Waals surface area (Å²) in [7, 11) is 0. The second-order valence-electron chi connectivity index (χ2n) is 3.87. The van der Waals surface area contributed by atoms with Crippen molar-refractivity contribution >= 4 is 0 Å². The Balaban J connectivity index is 2.02. The predicted molar refractivity (Wildman–Crippen MR) is 34.1 cm³/mol. The van der Waals surface area contributed by atoms with Crippen molar-refractivity contribution in [2.75, 3.05) is 6.61 Å². The fourth-order valence-electron chi connectivity index (χ4n) is 3.06. The van der Waals surface area contributed by atoms with Crippen LogP contribution in [-0.2, 0) is 4.74 Å². The van der Waals surface area contributed by atoms with E-state index in [-0.39, 0.29) is 0 Å². The Morgan fingerprint density at radius 1 is 1.11 bits per heavy atom. The molecule has 1 saturated heterocycles. The predicted octanol–water partition coefficient (Wildman–Crippen LogP) is 1.43. The zero-order chi connectivity index (χ0) is 5.84. The van der Waals surface area contributed by atoms with Crippen LogP contribution in [0.1, 0.15) is 19.3 Å². The van der Waals surface area contributed by atoms with Crippen LogP contribution in [0.5, 0.6) is 0 Å². The van der Waals surface area contributed by atoms with Crippen molar-refractivity contribution in [3.63, 3.8) is 0 Å². The summed E-state index contributed by atoms with van der Waals surface area (Å²) in [6.45, 7) is 1.09. The first kappa shape index (κ1) is 4.73. The van der Waals surface area contributed by atoms with Gasteiger partial charge in [-0.3, -0.25) is 0 Å². The number of fused-ring (bicyclic) bond motifs is 1. The first-order chi connectivity index (χ1) is 4.43. The summed E-state index contributed by atoms with van der Waals surface area (Å²) < 4.78 is 5.63. The van der Waals surface area contributed by atoms with E-state index < -0.39 is 0 Å². The van der Waals surface area contributed by atoms with Crippen molar-refractivity contribution in [1.29, 1.82) is 0 Å². The topological polar surface area (TPSA) is 9.23 Å². The SMILES string of the molecule is C1O[C@@H]2C[C@H]3C[C@@H]1[C@H]2C3. The smallest absolute Gasteiger partial charge is 0.0609 e. The molecule has 1 heterocycles. The summed E-state index contributed by atoms with van der Waals surface area (Å²) in [6, 6.07) is 0. The summed E-state index contributed by atoms with van der Waals surface area (Å²) in [6.07, 6.45) is 5.08. The van der Waals surface area contributed by atoms with E-state index in [1.165, 1.54) is 19.3 Å². The molecule has 2 bridgehead atoms. The normalized spacial score (nSPS) is 61.3. The third-order valence-corrected chi connectivity index (χ3v) is 3.41. The molecule has 3 rings (SSSR count). The van der Waals surface area contributed by atoms with Gasteiger partial charge in [-0.05, 0) is 37.0 Å². The van der Waals surface area contributed by atoms with Gasteiger partial charge in [-0.15, -0.1) is 0 Å². The molecular weight excluding hydrogens is 112 g/mol. The average molecular weight is 124 g/mol. The molecule has 4 atom stereocenters. The van der Waals surface area contributed by atoms with E-state index in [2.05, 4.69) is 0 Å². The first-order valence-corrected chi connectivity index (χ1v) is 4.05. The van der Waals surface area contributed by atoms with E-state index in [1.54, 1.807) is 0 Å². The minimum absolute atomic E-state index is 0.703. The summed E-state index contributed by atoms with van der Waals surface area (Å²) in [4.78, 5) is 0. The molecule has 0 unspecified atom stereocenters. The first-order valence-electron chi connectivity index (χ1n) is 4.05. The Hall–Kier alpha value is -0.0400. The lowest BCUT2D eigenvalue weighted by Gasteiger charge is -2.14. The van der Waals surface area contributed by atoms with Crippen molar-refractivity contribution in [3.8, 4) is 0 Å². The Bertz CT molecular complexity index is 127. The van der Waals surface area contributed by atoms with Crippen molar-refractivity contribution in [2.45, 2.75) is 25.4 Å². The Labute approximate surface area is 55.4 Å². The molecule has 0 amide bonds. The van der Waals surface area contributed by atoms with Crippen LogP contribution in [0.2, 0.25) is 0 Å². The van der Waals surface area contributed by atoms with Gasteiger partial charge < -0.3 is 4.74 Å². The molecule has 0 radical (unpaired) electrons. The van der Waals surface area contributed by atoms with Crippen LogP contribution in [-0.4, -0.2) is 12.7 Å². The minimum atomic E-state index is 0.703. The summed E-state index contributed by atoms with van der Waals surface area (Å²) in [5.41, 5.74) is 0. The van der Waals surface area contributed by atoms with Crippen molar-refractivity contribution in [1.82, 2.24) is 0 Å². The number of hydrogen-bond acceptors (Lipinski definition) is 1. The van der Waals surface area contributed by atoms with E-state index in [4.69, 9.17) is 4.74 Å². The largest absolute Gasteiger partial charge is 0.378 e. The minimum Gasteiger partial charge on any atom is -0.378 e. The third-order valence-electron chi connectivity index (χ3n) is 3.41. The lowest BCUT2D eigenvalue weighted by atomic mass is 9.90. The van der Waals surface area contributed by atoms with Crippen LogP contribution in [0.25, 0.3) is 0 Å². The molecular formula is C8H12O. The van der Waals surface area contributed by atoms with Gasteiger partial charge in [0.05, 0.1) is 12.7 Å². The number of rotatable bonds is 0. The molecule has 0 aromatic heterocycles. The van der Waals surface area contributed by atoms with Crippen LogP contribution in [0.4, 0.5) is 0 Å². The van der Waals surface area contributed by atoms with Gasteiger partial charge in [-0.1, -0.05) is 0 Å². The molecule has 3 fully saturated rings. The van der Waals surface area contributed by atoms with Gasteiger partial charge in [0.1, 0.15) is 0 Å². The molecule has 1 heteroatoms. The Morgan fingerprint density at radius 2 is 2.11 bits per heavy atom. The van der Waals surface area contributed by atoms with Crippen LogP contribution in [0, 0.1) is 17.8 Å². The number of ether oxygens (including phenoxy) is 1. The molecule has 50 valence electrons. The van der Waals surface area contributed by atoms with Crippen molar-refractivity contribution in [3.05, 3.63) is 0 Å². The van der Waals surface area contributed by atoms with Gasteiger partial charge >= 0.3 is 0 Å². The second kappa shape index (κ2) is 1.34. The Morgan fingerprint density at radius 3 is 2.78 bits per heavy atom. The van der Waals surface area contributed by atoms with Crippen LogP contribution < -0.4 is 0 Å². The van der Waals surface area contributed by atoms with Crippen LogP contribution in [0.15, 0.2) is 0 Å². The molecule has 1 aliphatic heterocycles. The fraction of sp³-hybridized carbons (Fsp3) is 1.00. The fourth-order valence-corrected chi connectivity index (χ4v) is 3.06. The number of hydrogen-bond donors (Lipinski definition) is 0. The van der Waals surface area contributed by atoms with E-state index >= 15 is 0 Å². The summed E-state index contributed by atoms with van der Waals surface area (Å²) in [5.74, 6) is 3.04. The Kier molecular flexibility index (Phi) is 0.704. The zero-order valence-electron chi connectivity index (χ0n) is 5.55. The third kappa shape index (κ3) is 0.454. The highest BCUT2D eigenvalue weighted by Gasteiger charge is 2.50. The highest BCUT2D eigenvalue weighted by atomic mass is 16.5. The molecule has 9 heavy (non-hydrogen) atoms. The maximum Gasteiger partial charge on any atom is 0.0609 e. The molecule has 0 aromatic carbocycles. The van der Waals surface area contributed by atoms with Gasteiger partial charge in [0, 0.05) is 0 Å². The zero-order valence-corrected chi connectivity index (χ0v) is 5.55. The quantitative estimate of drug-likeness (QED) is 0.474. The van der Waals surface area contributed by atoms with E-state index in [0.29, 0.717) is 6.10 Å². The van der Waals surface area contributed by atoms with Crippen molar-refractivity contribution < 1.29 is 4.74 Å². The highest BCUT2D eigenvalue weighted by Crippen LogP contribution is 2.53.